The largest absolute Gasteiger partial charge is 0.497 e. The number of nitrogens with two attached hydrogens (primary N) is 1. The number of carbonyl (C=O) groups is 1. The molecule has 8 aromatic rings. The first-order valence-electron chi connectivity index (χ1n) is 25.1. The summed E-state index contributed by atoms with van der Waals surface area (Å²) in [4.78, 5) is 35.4. The molecule has 0 bridgehead atoms. The van der Waals surface area contributed by atoms with Crippen molar-refractivity contribution >= 4 is 62.9 Å². The highest BCUT2D eigenvalue weighted by Gasteiger charge is 2.40. The zero-order valence-electron chi connectivity index (χ0n) is 44.5. The molecule has 1 amide bonds. The number of methoxy groups -OCH3 is 1. The molecule has 0 fully saturated rings. The Morgan fingerprint density at radius 1 is 0.813 bits per heavy atom. The standard InChI is InChI=1S/C60H68N6O7SSi/c1-39-29-47(33-50-55(39)62-35-51(58(61)68)56(50)64-43-21-16-23-45(32-43)71-8)74(69,70)46-24-15-20-42(31-46)37-66(7)44-22-14-19-41(30-44)34-60(5,6)63-36-53(73-75(9,10)59(2,3)4)48-25-27-52(57-49(48)26-28-54(67)65-57)72-38-40-17-12-11-13-18-40/h11-33,35,53,63H,34,36-38H2,1-10H3,(H2,61,68)(H,62,64)(H,65,67)/t53-/m0/s1. The summed E-state index contributed by atoms with van der Waals surface area (Å²) in [6.07, 6.45) is 1.77. The van der Waals surface area contributed by atoms with Gasteiger partial charge in [-0.3, -0.25) is 14.6 Å². The summed E-state index contributed by atoms with van der Waals surface area (Å²) in [6, 6.07) is 43.1. The first kappa shape index (κ1) is 54.0. The highest BCUT2D eigenvalue weighted by Crippen LogP contribution is 2.42. The Labute approximate surface area is 441 Å². The number of rotatable bonds is 20. The van der Waals surface area contributed by atoms with E-state index < -0.39 is 24.1 Å². The maximum atomic E-state index is 14.5. The Kier molecular flexibility index (Phi) is 15.7. The lowest BCUT2D eigenvalue weighted by Gasteiger charge is -2.40. The van der Waals surface area contributed by atoms with Gasteiger partial charge in [-0.2, -0.15) is 0 Å². The molecule has 0 saturated carbocycles. The molecule has 5 N–H and O–H groups in total. The Morgan fingerprint density at radius 3 is 2.27 bits per heavy atom. The van der Waals surface area contributed by atoms with Crippen LogP contribution in [0.2, 0.25) is 18.1 Å². The third kappa shape index (κ3) is 12.5. The molecule has 0 spiro atoms. The lowest BCUT2D eigenvalue weighted by Crippen LogP contribution is -2.47. The third-order valence-electron chi connectivity index (χ3n) is 14.2. The van der Waals surface area contributed by atoms with Crippen LogP contribution in [0.1, 0.15) is 78.9 Å². The van der Waals surface area contributed by atoms with E-state index in [0.29, 0.717) is 71.0 Å². The summed E-state index contributed by atoms with van der Waals surface area (Å²) in [6.45, 7) is 18.7. The number of H-pyrrole nitrogens is 1. The van der Waals surface area contributed by atoms with E-state index in [4.69, 9.17) is 19.6 Å². The van der Waals surface area contributed by atoms with Gasteiger partial charge in [-0.25, -0.2) is 8.42 Å². The van der Waals surface area contributed by atoms with Gasteiger partial charge in [0, 0.05) is 66.2 Å². The Balaban J connectivity index is 1.00. The van der Waals surface area contributed by atoms with E-state index in [9.17, 15) is 18.0 Å². The van der Waals surface area contributed by atoms with Crippen molar-refractivity contribution in [2.75, 3.05) is 30.9 Å². The van der Waals surface area contributed by atoms with E-state index in [0.717, 1.165) is 33.3 Å². The monoisotopic (exact) mass is 1040 g/mol. The lowest BCUT2D eigenvalue weighted by molar-refractivity contribution is 0.100. The molecule has 0 radical (unpaired) electrons. The molecule has 390 valence electrons. The number of ether oxygens (including phenoxy) is 2. The summed E-state index contributed by atoms with van der Waals surface area (Å²) >= 11 is 0. The van der Waals surface area contributed by atoms with Gasteiger partial charge in [0.15, 0.2) is 8.32 Å². The smallest absolute Gasteiger partial charge is 0.252 e. The van der Waals surface area contributed by atoms with Crippen LogP contribution in [0.5, 0.6) is 11.5 Å². The fraction of sp³-hybridized carbons (Fsp3) is 0.283. The quantitative estimate of drug-likeness (QED) is 0.0534. The van der Waals surface area contributed by atoms with Crippen LogP contribution in [-0.4, -0.2) is 58.9 Å². The number of nitrogens with one attached hydrogen (secondary N) is 3. The minimum atomic E-state index is -4.05. The summed E-state index contributed by atoms with van der Waals surface area (Å²) in [7, 11) is -2.81. The van der Waals surface area contributed by atoms with E-state index in [2.05, 4.69) is 97.5 Å². The second kappa shape index (κ2) is 21.9. The topological polar surface area (TPSA) is 178 Å². The summed E-state index contributed by atoms with van der Waals surface area (Å²) in [5.74, 6) is 0.489. The van der Waals surface area contributed by atoms with Crippen LogP contribution in [0.4, 0.5) is 17.1 Å². The van der Waals surface area contributed by atoms with Crippen LogP contribution in [0.15, 0.2) is 160 Å². The normalized spacial score (nSPS) is 12.7. The number of primary amides is 1. The van der Waals surface area contributed by atoms with Gasteiger partial charge < -0.3 is 40.2 Å². The molecule has 0 saturated heterocycles. The predicted octanol–water partition coefficient (Wildman–Crippen LogP) is 12.0. The maximum absolute atomic E-state index is 14.5. The van der Waals surface area contributed by atoms with Crippen molar-refractivity contribution in [3.63, 3.8) is 0 Å². The number of benzene rings is 6. The van der Waals surface area contributed by atoms with Crippen LogP contribution in [0.3, 0.4) is 0 Å². The molecule has 15 heteroatoms. The fourth-order valence-electron chi connectivity index (χ4n) is 9.06. The van der Waals surface area contributed by atoms with Crippen LogP contribution in [-0.2, 0) is 33.8 Å². The molecule has 0 aliphatic rings. The molecule has 6 aromatic carbocycles. The van der Waals surface area contributed by atoms with Crippen LogP contribution in [0, 0.1) is 6.92 Å². The van der Waals surface area contributed by atoms with Gasteiger partial charge in [0.05, 0.1) is 45.3 Å². The number of anilines is 3. The van der Waals surface area contributed by atoms with E-state index in [-0.39, 0.29) is 37.6 Å². The van der Waals surface area contributed by atoms with Crippen LogP contribution < -0.4 is 36.3 Å². The zero-order valence-corrected chi connectivity index (χ0v) is 46.3. The molecular weight excluding hydrogens is 977 g/mol. The van der Waals surface area contributed by atoms with Gasteiger partial charge in [-0.05, 0) is 134 Å². The van der Waals surface area contributed by atoms with E-state index >= 15 is 0 Å². The molecule has 0 aliphatic heterocycles. The maximum Gasteiger partial charge on any atom is 0.252 e. The second-order valence-electron chi connectivity index (χ2n) is 21.4. The average Bonchev–Trinajstić information content (AvgIpc) is 3.37. The number of carbonyl (C=O) groups excluding carboxylic acids is 1. The third-order valence-corrected chi connectivity index (χ3v) is 20.4. The number of hydrogen-bond donors (Lipinski definition) is 4. The van der Waals surface area contributed by atoms with E-state index in [1.54, 1.807) is 68.6 Å². The van der Waals surface area contributed by atoms with Gasteiger partial charge in [-0.15, -0.1) is 0 Å². The average molecular weight is 1050 g/mol. The minimum Gasteiger partial charge on any atom is -0.497 e. The van der Waals surface area contributed by atoms with Gasteiger partial charge in [0.1, 0.15) is 18.1 Å². The van der Waals surface area contributed by atoms with Crippen molar-refractivity contribution in [3.8, 4) is 11.5 Å². The van der Waals surface area contributed by atoms with Crippen LogP contribution >= 0.6 is 0 Å². The van der Waals surface area contributed by atoms with Crippen LogP contribution in [0.25, 0.3) is 21.8 Å². The Morgan fingerprint density at radius 2 is 1.53 bits per heavy atom. The highest BCUT2D eigenvalue weighted by atomic mass is 32.2. The predicted molar refractivity (Wildman–Crippen MR) is 304 cm³/mol. The number of nitrogens with zero attached hydrogens (tertiary/aromatic N) is 2. The number of hydrogen-bond acceptors (Lipinski definition) is 11. The number of sulfone groups is 1. The van der Waals surface area contributed by atoms with E-state index in [1.807, 2.05) is 67.7 Å². The first-order valence-corrected chi connectivity index (χ1v) is 29.4. The zero-order chi connectivity index (χ0) is 53.9. The highest BCUT2D eigenvalue weighted by molar-refractivity contribution is 7.91. The molecule has 0 aliphatic carbocycles. The molecule has 2 heterocycles. The van der Waals surface area contributed by atoms with Crippen molar-refractivity contribution in [1.82, 2.24) is 15.3 Å². The Bertz CT molecular complexity index is 3560. The summed E-state index contributed by atoms with van der Waals surface area (Å²) in [5.41, 5.74) is 13.0. The SMILES string of the molecule is COc1cccc(Nc2c(C(N)=O)cnc3c(C)cc(S(=O)(=O)c4cccc(CN(C)c5cccc(CC(C)(C)NC[C@H](O[Si](C)(C)C(C)(C)C)c6ccc(OCc7ccccc7)c7[nH]c(=O)ccc67)c5)c4)cc23)c1. The number of fused-ring (bicyclic) bond motifs is 2. The van der Waals surface area contributed by atoms with Gasteiger partial charge in [0.25, 0.3) is 5.91 Å². The first-order chi connectivity index (χ1) is 35.5. The fourth-order valence-corrected chi connectivity index (χ4v) is 11.8. The molecule has 75 heavy (non-hydrogen) atoms. The van der Waals surface area contributed by atoms with E-state index in [1.165, 1.54) is 6.20 Å². The number of pyridine rings is 2. The van der Waals surface area contributed by atoms with Crippen molar-refractivity contribution in [3.05, 3.63) is 189 Å². The molecular formula is C60H68N6O7SSi. The summed E-state index contributed by atoms with van der Waals surface area (Å²) in [5, 5.41) is 8.40. The second-order valence-corrected chi connectivity index (χ2v) is 28.1. The number of aromatic nitrogens is 2. The Hall–Kier alpha value is -7.30. The molecule has 0 unspecified atom stereocenters. The minimum absolute atomic E-state index is 0.0553. The van der Waals surface area contributed by atoms with Crippen molar-refractivity contribution in [2.45, 2.75) is 101 Å². The summed E-state index contributed by atoms with van der Waals surface area (Å²) < 4.78 is 48.0. The lowest BCUT2D eigenvalue weighted by atomic mass is 9.93. The number of aryl methyl sites for hydroxylation is 1. The molecule has 2 aromatic heterocycles. The van der Waals surface area contributed by atoms with Crippen molar-refractivity contribution in [2.24, 2.45) is 5.73 Å². The van der Waals surface area contributed by atoms with Gasteiger partial charge in [0.2, 0.25) is 15.4 Å². The number of aromatic amines is 1. The molecule has 1 atom stereocenters. The van der Waals surface area contributed by atoms with Crippen molar-refractivity contribution < 1.29 is 27.1 Å². The number of amides is 1. The molecule has 13 nitrogen and oxygen atoms in total. The molecule has 8 rings (SSSR count). The van der Waals surface area contributed by atoms with Gasteiger partial charge in [-0.1, -0.05) is 87.5 Å². The van der Waals surface area contributed by atoms with Crippen molar-refractivity contribution in [1.29, 1.82) is 0 Å². The van der Waals surface area contributed by atoms with Gasteiger partial charge >= 0.3 is 0 Å².